The summed E-state index contributed by atoms with van der Waals surface area (Å²) in [5.74, 6) is -4.65. The highest BCUT2D eigenvalue weighted by atomic mass is 19.4. The number of alkyl halides is 3. The van der Waals surface area contributed by atoms with Gasteiger partial charge in [-0.3, -0.25) is 14.4 Å². The largest absolute Gasteiger partial charge is 0.573 e. The van der Waals surface area contributed by atoms with E-state index >= 15 is 0 Å². The highest BCUT2D eigenvalue weighted by Gasteiger charge is 2.32. The molecule has 0 amide bonds. The molecule has 0 aliphatic heterocycles. The van der Waals surface area contributed by atoms with Gasteiger partial charge in [-0.25, -0.2) is 0 Å². The van der Waals surface area contributed by atoms with Gasteiger partial charge in [0.1, 0.15) is 5.75 Å². The highest BCUT2D eigenvalue weighted by molar-refractivity contribution is 6.13. The second-order valence-corrected chi connectivity index (χ2v) is 7.46. The van der Waals surface area contributed by atoms with Gasteiger partial charge in [0.2, 0.25) is 0 Å². The maximum Gasteiger partial charge on any atom is 0.573 e. The molecule has 10 heteroatoms. The number of ketones is 2. The molecule has 186 valence electrons. The number of ether oxygens (including phenoxy) is 2. The maximum absolute atomic E-state index is 12.8. The van der Waals surface area contributed by atoms with Crippen LogP contribution in [0.4, 0.5) is 13.2 Å². The summed E-state index contributed by atoms with van der Waals surface area (Å²) in [4.78, 5) is 37.1. The third-order valence-electron chi connectivity index (χ3n) is 4.86. The van der Waals surface area contributed by atoms with Gasteiger partial charge in [0, 0.05) is 6.42 Å². The van der Waals surface area contributed by atoms with Crippen molar-refractivity contribution in [3.05, 3.63) is 65.2 Å². The van der Waals surface area contributed by atoms with Crippen LogP contribution in [-0.2, 0) is 19.1 Å². The van der Waals surface area contributed by atoms with Gasteiger partial charge >= 0.3 is 12.3 Å². The monoisotopic (exact) mass is 492 g/mol. The number of benzene rings is 2. The lowest BCUT2D eigenvalue weighted by Gasteiger charge is -2.11. The number of carbonyl (C=O) groups is 3. The highest BCUT2D eigenvalue weighted by Crippen LogP contribution is 2.32. The zero-order valence-corrected chi connectivity index (χ0v) is 18.8. The fourth-order valence-corrected chi connectivity index (χ4v) is 3.00. The topological polar surface area (TPSA) is 110 Å². The van der Waals surface area contributed by atoms with Crippen LogP contribution in [0.5, 0.6) is 17.2 Å². The summed E-state index contributed by atoms with van der Waals surface area (Å²) < 4.78 is 45.7. The predicted molar refractivity (Wildman–Crippen MR) is 120 cm³/mol. The molecule has 0 bridgehead atoms. The number of hydrogen-bond donors (Lipinski definition) is 2. The molecule has 0 fully saturated rings. The fourth-order valence-electron chi connectivity index (χ4n) is 3.00. The van der Waals surface area contributed by atoms with Gasteiger partial charge in [0.15, 0.2) is 23.1 Å². The third-order valence-corrected chi connectivity index (χ3v) is 4.86. The molecule has 0 aromatic heterocycles. The standard InChI is InChI=1S/C25H23F3O7/c1-15-13-16(3-8-19(15)29)4-9-20(30)18(7-12-24(33)34-2)21(31)10-5-17-6-11-22(32)23(14-17)35-25(26,27)28/h3-6,8-11,13-14,18,29,32H,7,12H2,1-2H3/b9-4+,10-5+. The Balaban J connectivity index is 2.23. The van der Waals surface area contributed by atoms with Gasteiger partial charge in [-0.15, -0.1) is 13.2 Å². The van der Waals surface area contributed by atoms with E-state index in [1.54, 1.807) is 19.1 Å². The van der Waals surface area contributed by atoms with Crippen LogP contribution in [0.1, 0.15) is 29.5 Å². The molecule has 0 aliphatic rings. The molecule has 0 spiro atoms. The molecule has 2 N–H and O–H groups in total. The molecule has 0 saturated carbocycles. The first-order valence-electron chi connectivity index (χ1n) is 10.3. The SMILES string of the molecule is COC(=O)CCC(C(=O)/C=C/c1ccc(O)c(C)c1)C(=O)/C=C/c1ccc(O)c(OC(F)(F)F)c1. The van der Waals surface area contributed by atoms with Crippen LogP contribution < -0.4 is 4.74 Å². The second kappa shape index (κ2) is 11.9. The van der Waals surface area contributed by atoms with Crippen molar-refractivity contribution in [2.45, 2.75) is 26.1 Å². The molecule has 0 heterocycles. The molecular formula is C25H23F3O7. The molecule has 0 saturated heterocycles. The van der Waals surface area contributed by atoms with E-state index in [9.17, 15) is 37.8 Å². The van der Waals surface area contributed by atoms with Gasteiger partial charge in [-0.2, -0.15) is 0 Å². The average Bonchev–Trinajstić information content (AvgIpc) is 2.79. The Labute approximate surface area is 199 Å². The molecule has 0 aliphatic carbocycles. The fraction of sp³-hybridized carbons (Fsp3) is 0.240. The minimum absolute atomic E-state index is 0.0859. The van der Waals surface area contributed by atoms with E-state index in [-0.39, 0.29) is 24.2 Å². The molecule has 2 aromatic rings. The summed E-state index contributed by atoms with van der Waals surface area (Å²) in [7, 11) is 1.17. The van der Waals surface area contributed by atoms with Crippen LogP contribution in [0.15, 0.2) is 48.6 Å². The Hall–Kier alpha value is -4.08. The predicted octanol–water partition coefficient (Wildman–Crippen LogP) is 4.74. The summed E-state index contributed by atoms with van der Waals surface area (Å²) in [5.41, 5.74) is 1.29. The number of phenols is 2. The van der Waals surface area contributed by atoms with Crippen molar-refractivity contribution in [2.75, 3.05) is 7.11 Å². The summed E-state index contributed by atoms with van der Waals surface area (Å²) in [6.45, 7) is 1.68. The van der Waals surface area contributed by atoms with E-state index in [0.717, 1.165) is 24.3 Å². The molecule has 35 heavy (non-hydrogen) atoms. The van der Waals surface area contributed by atoms with Gasteiger partial charge in [0.05, 0.1) is 13.0 Å². The van der Waals surface area contributed by atoms with Crippen LogP contribution in [0.2, 0.25) is 0 Å². The smallest absolute Gasteiger partial charge is 0.508 e. The number of esters is 1. The van der Waals surface area contributed by atoms with E-state index < -0.39 is 41.3 Å². The van der Waals surface area contributed by atoms with Crippen LogP contribution in [0.3, 0.4) is 0 Å². The van der Waals surface area contributed by atoms with Gasteiger partial charge < -0.3 is 19.7 Å². The quantitative estimate of drug-likeness (QED) is 0.280. The third kappa shape index (κ3) is 8.65. The zero-order valence-electron chi connectivity index (χ0n) is 18.8. The number of phenolic OH excluding ortho intramolecular Hbond substituents is 2. The first-order valence-corrected chi connectivity index (χ1v) is 10.3. The van der Waals surface area contributed by atoms with Crippen molar-refractivity contribution < 1.29 is 47.2 Å². The van der Waals surface area contributed by atoms with Gasteiger partial charge in [0.25, 0.3) is 0 Å². The molecule has 2 rings (SSSR count). The van der Waals surface area contributed by atoms with E-state index in [1.807, 2.05) is 0 Å². The molecule has 7 nitrogen and oxygen atoms in total. The van der Waals surface area contributed by atoms with Gasteiger partial charge in [-0.05, 0) is 66.5 Å². The molecule has 1 atom stereocenters. The summed E-state index contributed by atoms with van der Waals surface area (Å²) in [5, 5.41) is 19.1. The number of hydrogen-bond acceptors (Lipinski definition) is 7. The Bertz CT molecular complexity index is 1150. The first kappa shape index (κ1) is 27.2. The summed E-state index contributed by atoms with van der Waals surface area (Å²) >= 11 is 0. The van der Waals surface area contributed by atoms with Crippen LogP contribution in [0, 0.1) is 12.8 Å². The molecule has 2 aromatic carbocycles. The molecular weight excluding hydrogens is 469 g/mol. The molecule has 0 radical (unpaired) electrons. The Kier molecular flexibility index (Phi) is 9.21. The number of aryl methyl sites for hydroxylation is 1. The van der Waals surface area contributed by atoms with E-state index in [0.29, 0.717) is 11.1 Å². The van der Waals surface area contributed by atoms with E-state index in [4.69, 9.17) is 0 Å². The second-order valence-electron chi connectivity index (χ2n) is 7.46. The Morgan fingerprint density at radius 2 is 1.49 bits per heavy atom. The van der Waals surface area contributed by atoms with Crippen molar-refractivity contribution in [1.82, 2.24) is 0 Å². The first-order chi connectivity index (χ1) is 16.4. The normalized spacial score (nSPS) is 12.6. The minimum Gasteiger partial charge on any atom is -0.508 e. The zero-order chi connectivity index (χ0) is 26.2. The lowest BCUT2D eigenvalue weighted by molar-refractivity contribution is -0.275. The lowest BCUT2D eigenvalue weighted by atomic mass is 9.92. The number of aromatic hydroxyl groups is 2. The van der Waals surface area contributed by atoms with E-state index in [1.165, 1.54) is 31.4 Å². The van der Waals surface area contributed by atoms with Crippen molar-refractivity contribution in [3.8, 4) is 17.2 Å². The molecule has 1 unspecified atom stereocenters. The van der Waals surface area contributed by atoms with Crippen molar-refractivity contribution in [1.29, 1.82) is 0 Å². The van der Waals surface area contributed by atoms with Crippen LogP contribution in [-0.4, -0.2) is 41.2 Å². The van der Waals surface area contributed by atoms with Crippen molar-refractivity contribution in [2.24, 2.45) is 5.92 Å². The summed E-state index contributed by atoms with van der Waals surface area (Å²) in [6.07, 6.45) is -0.581. The van der Waals surface area contributed by atoms with Crippen molar-refractivity contribution in [3.63, 3.8) is 0 Å². The number of allylic oxidation sites excluding steroid dienone is 2. The number of halogens is 3. The van der Waals surface area contributed by atoms with Crippen LogP contribution >= 0.6 is 0 Å². The van der Waals surface area contributed by atoms with Gasteiger partial charge in [-0.1, -0.05) is 24.3 Å². The number of carbonyl (C=O) groups excluding carboxylic acids is 3. The maximum atomic E-state index is 12.8. The number of methoxy groups -OCH3 is 1. The Morgan fingerprint density at radius 1 is 0.943 bits per heavy atom. The average molecular weight is 492 g/mol. The lowest BCUT2D eigenvalue weighted by Crippen LogP contribution is -2.22. The summed E-state index contributed by atoms with van der Waals surface area (Å²) in [6, 6.07) is 7.76. The number of rotatable bonds is 10. The Morgan fingerprint density at radius 3 is 2.00 bits per heavy atom. The van der Waals surface area contributed by atoms with Crippen LogP contribution in [0.25, 0.3) is 12.2 Å². The minimum atomic E-state index is -5.02. The van der Waals surface area contributed by atoms with Crippen molar-refractivity contribution >= 4 is 29.7 Å². The van der Waals surface area contributed by atoms with E-state index in [2.05, 4.69) is 9.47 Å².